The summed E-state index contributed by atoms with van der Waals surface area (Å²) in [4.78, 5) is 45.6. The molecule has 1 rings (SSSR count). The predicted octanol–water partition coefficient (Wildman–Crippen LogP) is -0.0697. The number of aliphatic carboxylic acids is 2. The number of rotatable bonds is 8. The number of hydrogen-bond donors (Lipinski definition) is 4. The molecule has 0 radical (unpaired) electrons. The zero-order valence-corrected chi connectivity index (χ0v) is 13.6. The van der Waals surface area contributed by atoms with Gasteiger partial charge in [0.25, 0.3) is 5.09 Å². The van der Waals surface area contributed by atoms with Crippen LogP contribution >= 0.6 is 0 Å². The van der Waals surface area contributed by atoms with Crippen molar-refractivity contribution < 1.29 is 34.5 Å². The van der Waals surface area contributed by atoms with Crippen LogP contribution in [0.4, 0.5) is 0 Å². The van der Waals surface area contributed by atoms with Crippen molar-refractivity contribution in [3.05, 3.63) is 22.3 Å². The molecule has 0 aromatic rings. The number of nitrogens with two attached hydrogens (primary N) is 1. The van der Waals surface area contributed by atoms with Gasteiger partial charge in [0.15, 0.2) is 0 Å². The summed E-state index contributed by atoms with van der Waals surface area (Å²) in [6.45, 7) is 0.831. The van der Waals surface area contributed by atoms with Crippen molar-refractivity contribution in [3.63, 3.8) is 0 Å². The van der Waals surface area contributed by atoms with Gasteiger partial charge in [0.2, 0.25) is 5.91 Å². The van der Waals surface area contributed by atoms with Gasteiger partial charge < -0.3 is 26.1 Å². The molecule has 1 amide bonds. The fourth-order valence-electron chi connectivity index (χ4n) is 2.32. The highest BCUT2D eigenvalue weighted by Crippen LogP contribution is 2.29. The highest BCUT2D eigenvalue weighted by Gasteiger charge is 2.29. The standard InChI is InChI=1S/C10H19N3O4.C4H4O4/c11-5-6-12-10(14)7-8-3-1-2-4-9(8)17-13(15)16;5-3(6)1-2-4(7)8/h8-9H,1-7,11H2,(H,12,14);1-2H,(H,5,6)(H,7,8). The lowest BCUT2D eigenvalue weighted by Gasteiger charge is -2.29. The molecule has 1 aliphatic carbocycles. The Balaban J connectivity index is 0.000000609. The number of carboxylic acids is 2. The van der Waals surface area contributed by atoms with Gasteiger partial charge in [-0.2, -0.15) is 0 Å². The minimum Gasteiger partial charge on any atom is -0.478 e. The van der Waals surface area contributed by atoms with Crippen molar-refractivity contribution in [2.75, 3.05) is 13.1 Å². The molecule has 142 valence electrons. The molecule has 2 unspecified atom stereocenters. The Bertz CT molecular complexity index is 478. The van der Waals surface area contributed by atoms with Crippen molar-refractivity contribution in [2.45, 2.75) is 38.2 Å². The van der Waals surface area contributed by atoms with E-state index < -0.39 is 23.1 Å². The second-order valence-electron chi connectivity index (χ2n) is 5.26. The lowest BCUT2D eigenvalue weighted by molar-refractivity contribution is -0.771. The van der Waals surface area contributed by atoms with E-state index in [-0.39, 0.29) is 18.2 Å². The van der Waals surface area contributed by atoms with E-state index in [2.05, 4.69) is 10.2 Å². The minimum absolute atomic E-state index is 0.0630. The number of carbonyl (C=O) groups is 3. The third-order valence-corrected chi connectivity index (χ3v) is 3.34. The quantitative estimate of drug-likeness (QED) is 0.261. The van der Waals surface area contributed by atoms with E-state index in [0.29, 0.717) is 31.7 Å². The van der Waals surface area contributed by atoms with Gasteiger partial charge in [-0.25, -0.2) is 9.59 Å². The van der Waals surface area contributed by atoms with E-state index in [0.717, 1.165) is 19.3 Å². The van der Waals surface area contributed by atoms with Gasteiger partial charge in [-0.05, 0) is 18.8 Å². The second kappa shape index (κ2) is 12.7. The van der Waals surface area contributed by atoms with Crippen LogP contribution in [0.5, 0.6) is 0 Å². The van der Waals surface area contributed by atoms with Gasteiger partial charge in [-0.3, -0.25) is 4.79 Å². The Morgan fingerprint density at radius 3 is 2.24 bits per heavy atom. The smallest absolute Gasteiger partial charge is 0.328 e. The number of nitrogens with one attached hydrogen (secondary N) is 1. The maximum Gasteiger partial charge on any atom is 0.328 e. The number of carboxylic acid groups (broad SMARTS) is 2. The molecule has 2 atom stereocenters. The lowest BCUT2D eigenvalue weighted by atomic mass is 9.84. The molecule has 0 aromatic carbocycles. The molecular weight excluding hydrogens is 338 g/mol. The van der Waals surface area contributed by atoms with Crippen LogP contribution in [0.25, 0.3) is 0 Å². The first-order valence-electron chi connectivity index (χ1n) is 7.68. The lowest BCUT2D eigenvalue weighted by Crippen LogP contribution is -2.36. The molecule has 0 aliphatic heterocycles. The number of hydrogen-bond acceptors (Lipinski definition) is 7. The summed E-state index contributed by atoms with van der Waals surface area (Å²) >= 11 is 0. The Morgan fingerprint density at radius 1 is 1.20 bits per heavy atom. The van der Waals surface area contributed by atoms with Gasteiger partial charge >= 0.3 is 11.9 Å². The molecule has 5 N–H and O–H groups in total. The van der Waals surface area contributed by atoms with E-state index in [1.54, 1.807) is 0 Å². The first kappa shape index (κ1) is 22.3. The highest BCUT2D eigenvalue weighted by molar-refractivity contribution is 5.89. The van der Waals surface area contributed by atoms with E-state index in [1.807, 2.05) is 0 Å². The van der Waals surface area contributed by atoms with Crippen LogP contribution in [-0.4, -0.2) is 52.3 Å². The van der Waals surface area contributed by atoms with E-state index in [4.69, 9.17) is 15.9 Å². The van der Waals surface area contributed by atoms with Crippen LogP contribution in [0.1, 0.15) is 32.1 Å². The topological polar surface area (TPSA) is 182 Å². The molecule has 1 aliphatic rings. The fraction of sp³-hybridized carbons (Fsp3) is 0.643. The molecule has 0 heterocycles. The fourth-order valence-corrected chi connectivity index (χ4v) is 2.32. The maximum atomic E-state index is 11.5. The van der Waals surface area contributed by atoms with Crippen LogP contribution in [0.2, 0.25) is 0 Å². The molecule has 11 heteroatoms. The SMILES string of the molecule is NCCNC(=O)CC1CCCCC1O[N+](=O)[O-].O=C(O)C=CC(=O)O. The van der Waals surface area contributed by atoms with Gasteiger partial charge in [0.05, 0.1) is 0 Å². The highest BCUT2D eigenvalue weighted by atomic mass is 17.0. The zero-order valence-electron chi connectivity index (χ0n) is 13.6. The van der Waals surface area contributed by atoms with E-state index in [1.165, 1.54) is 0 Å². The van der Waals surface area contributed by atoms with Crippen LogP contribution in [0.15, 0.2) is 12.2 Å². The van der Waals surface area contributed by atoms with Crippen LogP contribution in [0.3, 0.4) is 0 Å². The second-order valence-corrected chi connectivity index (χ2v) is 5.26. The summed E-state index contributed by atoms with van der Waals surface area (Å²) in [5.74, 6) is -2.69. The molecule has 1 saturated carbocycles. The normalized spacial score (nSPS) is 19.4. The predicted molar refractivity (Wildman–Crippen MR) is 84.9 cm³/mol. The third-order valence-electron chi connectivity index (χ3n) is 3.34. The molecule has 0 saturated heterocycles. The largest absolute Gasteiger partial charge is 0.478 e. The Morgan fingerprint density at radius 2 is 1.76 bits per heavy atom. The van der Waals surface area contributed by atoms with Crippen molar-refractivity contribution in [2.24, 2.45) is 11.7 Å². The molecular formula is C14H23N3O8. The monoisotopic (exact) mass is 361 g/mol. The van der Waals surface area contributed by atoms with Gasteiger partial charge in [0.1, 0.15) is 6.10 Å². The minimum atomic E-state index is -1.26. The first-order chi connectivity index (χ1) is 11.8. The Hall–Kier alpha value is -2.69. The summed E-state index contributed by atoms with van der Waals surface area (Å²) in [5.41, 5.74) is 5.27. The molecule has 0 bridgehead atoms. The van der Waals surface area contributed by atoms with E-state index in [9.17, 15) is 24.5 Å². The van der Waals surface area contributed by atoms with Crippen molar-refractivity contribution in [3.8, 4) is 0 Å². The molecule has 1 fully saturated rings. The average Bonchev–Trinajstić information content (AvgIpc) is 2.53. The third kappa shape index (κ3) is 12.4. The summed E-state index contributed by atoms with van der Waals surface area (Å²) in [5, 5.41) is 27.9. The zero-order chi connectivity index (χ0) is 19.2. The van der Waals surface area contributed by atoms with E-state index >= 15 is 0 Å². The van der Waals surface area contributed by atoms with Crippen molar-refractivity contribution in [1.82, 2.24) is 5.32 Å². The van der Waals surface area contributed by atoms with Crippen LogP contribution in [0, 0.1) is 16.0 Å². The summed E-state index contributed by atoms with van der Waals surface area (Å²) < 4.78 is 0. The number of amides is 1. The van der Waals surface area contributed by atoms with Gasteiger partial charge in [-0.15, -0.1) is 10.1 Å². The maximum absolute atomic E-state index is 11.5. The number of carbonyl (C=O) groups excluding carboxylic acids is 1. The van der Waals surface area contributed by atoms with Crippen LogP contribution < -0.4 is 11.1 Å². The summed E-state index contributed by atoms with van der Waals surface area (Å²) in [6.07, 6.45) is 4.31. The molecule has 0 spiro atoms. The first-order valence-corrected chi connectivity index (χ1v) is 7.68. The Labute approximate surface area is 143 Å². The molecule has 0 aromatic heterocycles. The van der Waals surface area contributed by atoms with Gasteiger partial charge in [-0.1, -0.05) is 12.8 Å². The number of nitrogens with zero attached hydrogens (tertiary/aromatic N) is 1. The molecule has 11 nitrogen and oxygen atoms in total. The van der Waals surface area contributed by atoms with Crippen LogP contribution in [-0.2, 0) is 19.2 Å². The molecule has 25 heavy (non-hydrogen) atoms. The Kier molecular flexibility index (Phi) is 11.3. The van der Waals surface area contributed by atoms with Gasteiger partial charge in [0, 0.05) is 31.7 Å². The average molecular weight is 361 g/mol. The summed E-state index contributed by atoms with van der Waals surface area (Å²) in [7, 11) is 0. The van der Waals surface area contributed by atoms with Crippen molar-refractivity contribution in [1.29, 1.82) is 0 Å². The summed E-state index contributed by atoms with van der Waals surface area (Å²) in [6, 6.07) is 0. The van der Waals surface area contributed by atoms with Crippen molar-refractivity contribution >= 4 is 17.8 Å².